The first-order chi connectivity index (χ1) is 14.9. The first kappa shape index (κ1) is 20.7. The number of alkyl halides is 3. The van der Waals surface area contributed by atoms with E-state index in [2.05, 4.69) is 19.9 Å². The summed E-state index contributed by atoms with van der Waals surface area (Å²) >= 11 is 0. The summed E-state index contributed by atoms with van der Waals surface area (Å²) in [4.78, 5) is 31.2. The average Bonchev–Trinajstić information content (AvgIpc) is 2.79. The molecular formula is C21H18F3N5O2. The van der Waals surface area contributed by atoms with E-state index in [1.807, 2.05) is 0 Å². The molecule has 4 heterocycles. The van der Waals surface area contributed by atoms with Gasteiger partial charge < -0.3 is 9.64 Å². The highest BCUT2D eigenvalue weighted by Crippen LogP contribution is 2.29. The molecule has 0 radical (unpaired) electrons. The number of halogens is 3. The molecule has 0 aromatic carbocycles. The zero-order valence-electron chi connectivity index (χ0n) is 16.3. The number of likely N-dealkylation sites (tertiary alicyclic amines) is 1. The van der Waals surface area contributed by atoms with Gasteiger partial charge in [-0.3, -0.25) is 9.78 Å². The van der Waals surface area contributed by atoms with E-state index < -0.39 is 11.7 Å². The first-order valence-corrected chi connectivity index (χ1v) is 9.63. The quantitative estimate of drug-likeness (QED) is 0.630. The summed E-state index contributed by atoms with van der Waals surface area (Å²) in [5.41, 5.74) is -0.0753. The second-order valence-electron chi connectivity index (χ2n) is 6.99. The van der Waals surface area contributed by atoms with Crippen LogP contribution in [-0.4, -0.2) is 49.9 Å². The maximum atomic E-state index is 13.2. The number of pyridine rings is 2. The molecule has 7 nitrogen and oxygen atoms in total. The van der Waals surface area contributed by atoms with E-state index in [1.54, 1.807) is 35.5 Å². The molecule has 1 unspecified atom stereocenters. The molecule has 1 fully saturated rings. The summed E-state index contributed by atoms with van der Waals surface area (Å²) in [5, 5.41) is 0. The van der Waals surface area contributed by atoms with E-state index in [1.165, 1.54) is 12.3 Å². The lowest BCUT2D eigenvalue weighted by atomic mass is 10.1. The minimum atomic E-state index is -4.46. The highest BCUT2D eigenvalue weighted by atomic mass is 19.4. The molecule has 31 heavy (non-hydrogen) atoms. The summed E-state index contributed by atoms with van der Waals surface area (Å²) < 4.78 is 43.8. The Morgan fingerprint density at radius 3 is 2.52 bits per heavy atom. The number of carbonyl (C=O) groups excluding carboxylic acids is 1. The number of piperidine rings is 1. The standard InChI is InChI=1S/C21H18F3N5O2/c22-21(23,24)14-6-7-17(28-12-14)31-15-4-2-11-29(13-15)20(30)18-16(5-1-8-25-18)19-26-9-3-10-27-19/h1,3,5-10,12,15H,2,4,11,13H2. The second-order valence-corrected chi connectivity index (χ2v) is 6.99. The van der Waals surface area contributed by atoms with Crippen LogP contribution in [-0.2, 0) is 6.18 Å². The van der Waals surface area contributed by atoms with Crippen molar-refractivity contribution in [3.8, 4) is 17.3 Å². The maximum Gasteiger partial charge on any atom is 0.417 e. The van der Waals surface area contributed by atoms with E-state index in [0.717, 1.165) is 12.3 Å². The first-order valence-electron chi connectivity index (χ1n) is 9.63. The average molecular weight is 429 g/mol. The topological polar surface area (TPSA) is 81.1 Å². The normalized spacial score (nSPS) is 16.7. The van der Waals surface area contributed by atoms with Crippen LogP contribution < -0.4 is 4.74 Å². The lowest BCUT2D eigenvalue weighted by Crippen LogP contribution is -2.44. The third-order valence-corrected chi connectivity index (χ3v) is 4.83. The van der Waals surface area contributed by atoms with Crippen molar-refractivity contribution in [2.75, 3.05) is 13.1 Å². The van der Waals surface area contributed by atoms with Gasteiger partial charge in [0.15, 0.2) is 5.82 Å². The molecule has 1 aliphatic rings. The number of nitrogens with zero attached hydrogens (tertiary/aromatic N) is 5. The Morgan fingerprint density at radius 1 is 1.03 bits per heavy atom. The summed E-state index contributed by atoms with van der Waals surface area (Å²) in [6.07, 6.45) is 1.94. The van der Waals surface area contributed by atoms with Gasteiger partial charge in [0.1, 0.15) is 11.8 Å². The van der Waals surface area contributed by atoms with Crippen molar-refractivity contribution in [1.29, 1.82) is 0 Å². The van der Waals surface area contributed by atoms with Crippen molar-refractivity contribution in [3.63, 3.8) is 0 Å². The molecule has 160 valence electrons. The van der Waals surface area contributed by atoms with Gasteiger partial charge >= 0.3 is 6.18 Å². The van der Waals surface area contributed by atoms with Gasteiger partial charge in [-0.05, 0) is 37.1 Å². The Bertz CT molecular complexity index is 1040. The van der Waals surface area contributed by atoms with Crippen molar-refractivity contribution in [2.45, 2.75) is 25.1 Å². The SMILES string of the molecule is O=C(c1ncccc1-c1ncccn1)N1CCCC(Oc2ccc(C(F)(F)F)cn2)C1. The van der Waals surface area contributed by atoms with Gasteiger partial charge in [0.25, 0.3) is 5.91 Å². The van der Waals surface area contributed by atoms with Crippen LogP contribution in [0, 0.1) is 0 Å². The second kappa shape index (κ2) is 8.66. The predicted molar refractivity (Wildman–Crippen MR) is 104 cm³/mol. The van der Waals surface area contributed by atoms with Gasteiger partial charge in [0, 0.05) is 37.4 Å². The Labute approximate surface area is 176 Å². The van der Waals surface area contributed by atoms with E-state index in [9.17, 15) is 18.0 Å². The molecule has 0 aliphatic carbocycles. The Kier molecular flexibility index (Phi) is 5.79. The van der Waals surface area contributed by atoms with Crippen LogP contribution in [0.2, 0.25) is 0 Å². The van der Waals surface area contributed by atoms with Gasteiger partial charge in [-0.2, -0.15) is 13.2 Å². The third-order valence-electron chi connectivity index (χ3n) is 4.83. The van der Waals surface area contributed by atoms with Gasteiger partial charge in [-0.1, -0.05) is 0 Å². The van der Waals surface area contributed by atoms with E-state index >= 15 is 0 Å². The van der Waals surface area contributed by atoms with Crippen LogP contribution >= 0.6 is 0 Å². The number of carbonyl (C=O) groups is 1. The molecule has 1 amide bonds. The number of ether oxygens (including phenoxy) is 1. The zero-order chi connectivity index (χ0) is 21.8. The van der Waals surface area contributed by atoms with Crippen molar-refractivity contribution in [2.24, 2.45) is 0 Å². The highest BCUT2D eigenvalue weighted by molar-refractivity contribution is 5.98. The van der Waals surface area contributed by atoms with Crippen molar-refractivity contribution in [1.82, 2.24) is 24.8 Å². The predicted octanol–water partition coefficient (Wildman–Crippen LogP) is 3.64. The fourth-order valence-corrected chi connectivity index (χ4v) is 3.35. The molecule has 1 saturated heterocycles. The third kappa shape index (κ3) is 4.79. The number of hydrogen-bond acceptors (Lipinski definition) is 6. The van der Waals surface area contributed by atoms with Gasteiger partial charge in [0.2, 0.25) is 5.88 Å². The van der Waals surface area contributed by atoms with E-state index in [-0.39, 0.29) is 30.1 Å². The molecule has 4 rings (SSSR count). The number of hydrogen-bond donors (Lipinski definition) is 0. The lowest BCUT2D eigenvalue weighted by molar-refractivity contribution is -0.137. The van der Waals surface area contributed by atoms with Crippen molar-refractivity contribution >= 4 is 5.91 Å². The van der Waals surface area contributed by atoms with E-state index in [4.69, 9.17) is 4.74 Å². The minimum Gasteiger partial charge on any atom is -0.472 e. The molecule has 1 aliphatic heterocycles. The molecule has 1 atom stereocenters. The maximum absolute atomic E-state index is 13.2. The highest BCUT2D eigenvalue weighted by Gasteiger charge is 2.31. The molecule has 3 aromatic heterocycles. The molecule has 0 N–H and O–H groups in total. The summed E-state index contributed by atoms with van der Waals surface area (Å²) in [5.74, 6) is 0.206. The summed E-state index contributed by atoms with van der Waals surface area (Å²) in [6, 6.07) is 7.24. The van der Waals surface area contributed by atoms with Crippen LogP contribution in [0.4, 0.5) is 13.2 Å². The molecule has 0 spiro atoms. The fraction of sp³-hybridized carbons (Fsp3) is 0.286. The fourth-order valence-electron chi connectivity index (χ4n) is 3.35. The molecule has 3 aromatic rings. The van der Waals surface area contributed by atoms with Crippen molar-refractivity contribution in [3.05, 3.63) is 66.4 Å². The van der Waals surface area contributed by atoms with Gasteiger partial charge in [-0.15, -0.1) is 0 Å². The lowest BCUT2D eigenvalue weighted by Gasteiger charge is -2.32. The van der Waals surface area contributed by atoms with Gasteiger partial charge in [0.05, 0.1) is 17.7 Å². The molecular weight excluding hydrogens is 411 g/mol. The Hall–Kier alpha value is -3.56. The van der Waals surface area contributed by atoms with Crippen molar-refractivity contribution < 1.29 is 22.7 Å². The summed E-state index contributed by atoms with van der Waals surface area (Å²) in [6.45, 7) is 0.790. The summed E-state index contributed by atoms with van der Waals surface area (Å²) in [7, 11) is 0. The van der Waals surface area contributed by atoms with Crippen LogP contribution in [0.5, 0.6) is 5.88 Å². The Balaban J connectivity index is 1.48. The van der Waals surface area contributed by atoms with Gasteiger partial charge in [-0.25, -0.2) is 15.0 Å². The van der Waals surface area contributed by atoms with E-state index in [0.29, 0.717) is 30.8 Å². The number of rotatable bonds is 4. The smallest absolute Gasteiger partial charge is 0.417 e. The zero-order valence-corrected chi connectivity index (χ0v) is 16.3. The minimum absolute atomic E-state index is 0.0866. The number of amides is 1. The Morgan fingerprint density at radius 2 is 1.81 bits per heavy atom. The molecule has 0 bridgehead atoms. The molecule has 10 heteroatoms. The monoisotopic (exact) mass is 429 g/mol. The largest absolute Gasteiger partial charge is 0.472 e. The van der Waals surface area contributed by atoms with Crippen LogP contribution in [0.3, 0.4) is 0 Å². The molecule has 0 saturated carbocycles. The number of aromatic nitrogens is 4. The van der Waals surface area contributed by atoms with Crippen LogP contribution in [0.1, 0.15) is 28.9 Å². The van der Waals surface area contributed by atoms with Crippen LogP contribution in [0.15, 0.2) is 55.1 Å². The van der Waals surface area contributed by atoms with Crippen LogP contribution in [0.25, 0.3) is 11.4 Å².